The number of hydrogen-bond acceptors (Lipinski definition) is 4. The lowest BCUT2D eigenvalue weighted by atomic mass is 10.0. The number of nitrogens with zero attached hydrogens (tertiary/aromatic N) is 1. The first-order valence-corrected chi connectivity index (χ1v) is 7.57. The highest BCUT2D eigenvalue weighted by Gasteiger charge is 2.11. The summed E-state index contributed by atoms with van der Waals surface area (Å²) in [7, 11) is 1.57. The zero-order valence-corrected chi connectivity index (χ0v) is 13.3. The molecule has 0 N–H and O–H groups in total. The van der Waals surface area contributed by atoms with Crippen molar-refractivity contribution in [2.24, 2.45) is 0 Å². The van der Waals surface area contributed by atoms with Gasteiger partial charge in [-0.15, -0.1) is 0 Å². The highest BCUT2D eigenvalue weighted by molar-refractivity contribution is 5.90. The van der Waals surface area contributed by atoms with Crippen molar-refractivity contribution in [2.45, 2.75) is 6.61 Å². The molecule has 3 aromatic rings. The number of hydrogen-bond donors (Lipinski definition) is 0. The smallest absolute Gasteiger partial charge is 0.212 e. The molecule has 0 fully saturated rings. The fraction of sp³-hybridized carbons (Fsp3) is 0.100. The summed E-state index contributed by atoms with van der Waals surface area (Å²) in [5.41, 5.74) is 3.18. The van der Waals surface area contributed by atoms with Crippen LogP contribution in [0.15, 0.2) is 66.9 Å². The number of aldehydes is 1. The van der Waals surface area contributed by atoms with Crippen LogP contribution in [0.1, 0.15) is 15.9 Å². The van der Waals surface area contributed by atoms with Gasteiger partial charge in [-0.25, -0.2) is 4.98 Å². The van der Waals surface area contributed by atoms with E-state index in [2.05, 4.69) is 4.98 Å². The SMILES string of the molecule is COc1ccc(-c2cccc(OCc3ccccc3)c2C=O)cn1. The van der Waals surface area contributed by atoms with Crippen molar-refractivity contribution in [3.05, 3.63) is 78.0 Å². The van der Waals surface area contributed by atoms with Gasteiger partial charge < -0.3 is 9.47 Å². The van der Waals surface area contributed by atoms with Crippen LogP contribution in [0.4, 0.5) is 0 Å². The van der Waals surface area contributed by atoms with Crippen LogP contribution in [0.3, 0.4) is 0 Å². The molecule has 0 saturated heterocycles. The molecule has 0 atom stereocenters. The Morgan fingerprint density at radius 2 is 1.83 bits per heavy atom. The number of carbonyl (C=O) groups is 1. The first kappa shape index (κ1) is 15.7. The van der Waals surface area contributed by atoms with E-state index < -0.39 is 0 Å². The lowest BCUT2D eigenvalue weighted by Crippen LogP contribution is -2.00. The Bertz CT molecular complexity index is 814. The monoisotopic (exact) mass is 319 g/mol. The lowest BCUT2D eigenvalue weighted by Gasteiger charge is -2.12. The van der Waals surface area contributed by atoms with E-state index in [-0.39, 0.29) is 0 Å². The Morgan fingerprint density at radius 1 is 1.00 bits per heavy atom. The van der Waals surface area contributed by atoms with Crippen molar-refractivity contribution in [3.63, 3.8) is 0 Å². The van der Waals surface area contributed by atoms with Crippen LogP contribution in [-0.2, 0) is 6.61 Å². The van der Waals surface area contributed by atoms with Crippen molar-refractivity contribution in [2.75, 3.05) is 7.11 Å². The second kappa shape index (κ2) is 7.42. The van der Waals surface area contributed by atoms with Crippen molar-refractivity contribution in [3.8, 4) is 22.8 Å². The molecule has 0 spiro atoms. The second-order valence-electron chi connectivity index (χ2n) is 5.20. The lowest BCUT2D eigenvalue weighted by molar-refractivity contribution is 0.111. The van der Waals surface area contributed by atoms with E-state index in [0.717, 1.165) is 23.0 Å². The fourth-order valence-electron chi connectivity index (χ4n) is 2.44. The predicted molar refractivity (Wildman–Crippen MR) is 92.4 cm³/mol. The molecule has 0 amide bonds. The third-order valence-corrected chi connectivity index (χ3v) is 3.68. The summed E-state index contributed by atoms with van der Waals surface area (Å²) >= 11 is 0. The zero-order valence-electron chi connectivity index (χ0n) is 13.3. The Hall–Kier alpha value is -3.14. The molecule has 0 aliphatic heterocycles. The van der Waals surface area contributed by atoms with E-state index in [4.69, 9.17) is 9.47 Å². The number of ether oxygens (including phenoxy) is 2. The topological polar surface area (TPSA) is 48.4 Å². The zero-order chi connectivity index (χ0) is 16.8. The molecule has 1 aromatic heterocycles. The average Bonchev–Trinajstić information content (AvgIpc) is 2.67. The standard InChI is InChI=1S/C20H17NO3/c1-23-20-11-10-16(12-21-20)17-8-5-9-19(18(17)13-22)24-14-15-6-3-2-4-7-15/h2-13H,14H2,1H3. The van der Waals surface area contributed by atoms with Gasteiger partial charge in [0.2, 0.25) is 5.88 Å². The van der Waals surface area contributed by atoms with Gasteiger partial charge in [0.15, 0.2) is 6.29 Å². The van der Waals surface area contributed by atoms with Crippen LogP contribution < -0.4 is 9.47 Å². The van der Waals surface area contributed by atoms with Crippen molar-refractivity contribution in [1.82, 2.24) is 4.98 Å². The number of aromatic nitrogens is 1. The van der Waals surface area contributed by atoms with Crippen LogP contribution >= 0.6 is 0 Å². The number of methoxy groups -OCH3 is 1. The van der Waals surface area contributed by atoms with E-state index >= 15 is 0 Å². The summed E-state index contributed by atoms with van der Waals surface area (Å²) in [4.78, 5) is 15.8. The van der Waals surface area contributed by atoms with E-state index in [0.29, 0.717) is 23.8 Å². The van der Waals surface area contributed by atoms with Crippen LogP contribution in [0, 0.1) is 0 Å². The summed E-state index contributed by atoms with van der Waals surface area (Å²) in [6, 6.07) is 19.0. The third-order valence-electron chi connectivity index (χ3n) is 3.68. The normalized spacial score (nSPS) is 10.2. The van der Waals surface area contributed by atoms with Crippen LogP contribution in [0.5, 0.6) is 11.6 Å². The van der Waals surface area contributed by atoms with Gasteiger partial charge in [0.1, 0.15) is 12.4 Å². The molecule has 0 aliphatic carbocycles. The first-order valence-electron chi connectivity index (χ1n) is 7.57. The molecular weight excluding hydrogens is 302 g/mol. The minimum Gasteiger partial charge on any atom is -0.488 e. The van der Waals surface area contributed by atoms with Gasteiger partial charge in [-0.3, -0.25) is 4.79 Å². The highest BCUT2D eigenvalue weighted by atomic mass is 16.5. The quantitative estimate of drug-likeness (QED) is 0.640. The number of benzene rings is 2. The number of carbonyl (C=O) groups excluding carboxylic acids is 1. The summed E-state index contributed by atoms with van der Waals surface area (Å²) in [6.45, 7) is 0.409. The largest absolute Gasteiger partial charge is 0.488 e. The predicted octanol–water partition coefficient (Wildman–Crippen LogP) is 4.15. The summed E-state index contributed by atoms with van der Waals surface area (Å²) in [5, 5.41) is 0. The first-order chi connectivity index (χ1) is 11.8. The van der Waals surface area contributed by atoms with E-state index in [1.54, 1.807) is 25.4 Å². The maximum absolute atomic E-state index is 11.6. The average molecular weight is 319 g/mol. The minimum atomic E-state index is 0.409. The van der Waals surface area contributed by atoms with Gasteiger partial charge in [-0.2, -0.15) is 0 Å². The molecule has 4 heteroatoms. The van der Waals surface area contributed by atoms with E-state index in [1.165, 1.54) is 0 Å². The maximum Gasteiger partial charge on any atom is 0.212 e. The Morgan fingerprint density at radius 3 is 2.50 bits per heavy atom. The van der Waals surface area contributed by atoms with Gasteiger partial charge >= 0.3 is 0 Å². The molecule has 0 saturated carbocycles. The van der Waals surface area contributed by atoms with Gasteiger partial charge in [-0.05, 0) is 23.3 Å². The minimum absolute atomic E-state index is 0.409. The van der Waals surface area contributed by atoms with Crippen LogP contribution in [-0.4, -0.2) is 18.4 Å². The third kappa shape index (κ3) is 3.43. The van der Waals surface area contributed by atoms with Crippen molar-refractivity contribution < 1.29 is 14.3 Å². The molecule has 0 unspecified atom stereocenters. The van der Waals surface area contributed by atoms with Gasteiger partial charge in [0, 0.05) is 17.8 Å². The maximum atomic E-state index is 11.6. The fourth-order valence-corrected chi connectivity index (χ4v) is 2.44. The molecule has 0 aliphatic rings. The molecular formula is C20H17NO3. The molecule has 2 aromatic carbocycles. The molecule has 0 bridgehead atoms. The second-order valence-corrected chi connectivity index (χ2v) is 5.20. The van der Waals surface area contributed by atoms with Gasteiger partial charge in [-0.1, -0.05) is 42.5 Å². The van der Waals surface area contributed by atoms with Crippen LogP contribution in [0.2, 0.25) is 0 Å². The molecule has 1 heterocycles. The van der Waals surface area contributed by atoms with Gasteiger partial charge in [0.05, 0.1) is 12.7 Å². The molecule has 3 rings (SSSR count). The molecule has 4 nitrogen and oxygen atoms in total. The molecule has 120 valence electrons. The van der Waals surface area contributed by atoms with E-state index in [1.807, 2.05) is 48.5 Å². The summed E-state index contributed by atoms with van der Waals surface area (Å²) in [6.07, 6.45) is 2.50. The summed E-state index contributed by atoms with van der Waals surface area (Å²) in [5.74, 6) is 1.09. The summed E-state index contributed by atoms with van der Waals surface area (Å²) < 4.78 is 10.9. The Labute approximate surface area is 140 Å². The van der Waals surface area contributed by atoms with Crippen LogP contribution in [0.25, 0.3) is 11.1 Å². The Kier molecular flexibility index (Phi) is 4.87. The molecule has 24 heavy (non-hydrogen) atoms. The van der Waals surface area contributed by atoms with Gasteiger partial charge in [0.25, 0.3) is 0 Å². The molecule has 0 radical (unpaired) electrons. The number of rotatable bonds is 6. The van der Waals surface area contributed by atoms with E-state index in [9.17, 15) is 4.79 Å². The Balaban J connectivity index is 1.89. The van der Waals surface area contributed by atoms with Crippen molar-refractivity contribution >= 4 is 6.29 Å². The highest BCUT2D eigenvalue weighted by Crippen LogP contribution is 2.30. The number of pyridine rings is 1. The van der Waals surface area contributed by atoms with Crippen molar-refractivity contribution in [1.29, 1.82) is 0 Å².